The number of hydrogen-bond acceptors (Lipinski definition) is 5. The number of esters is 2. The van der Waals surface area contributed by atoms with Crippen molar-refractivity contribution in [2.45, 2.75) is 71.8 Å². The Morgan fingerprint density at radius 2 is 1.86 bits per heavy atom. The first-order valence-corrected chi connectivity index (χ1v) is 13.9. The van der Waals surface area contributed by atoms with Gasteiger partial charge in [0.2, 0.25) is 0 Å². The van der Waals surface area contributed by atoms with E-state index in [-0.39, 0.29) is 34.7 Å². The standard InChI is InChI=1S/C32H40O5/c1-20(10-15-29(34)36-4)25-13-14-26-24-12-11-22-18-23(33)16-17-31(22,2)27(24)19-28(32(25,26)3)37-30(35)21-8-6-5-7-9-21/h5-9,11-12,18,20,24-28H,10,13-17,19H2,1-4H3/t20-,24?,25-,26?,27?,28+,31+,32-/m1/s1. The normalized spacial score (nSPS) is 37.0. The van der Waals surface area contributed by atoms with Crippen molar-refractivity contribution in [1.82, 2.24) is 0 Å². The van der Waals surface area contributed by atoms with Crippen LogP contribution in [0, 0.1) is 40.4 Å². The molecule has 0 amide bonds. The highest BCUT2D eigenvalue weighted by Crippen LogP contribution is 2.67. The lowest BCUT2D eigenvalue weighted by molar-refractivity contribution is -0.142. The maximum absolute atomic E-state index is 13.4. The predicted octanol–water partition coefficient (Wildman–Crippen LogP) is 6.34. The third kappa shape index (κ3) is 4.38. The third-order valence-electron chi connectivity index (χ3n) is 10.6. The number of hydrogen-bond donors (Lipinski definition) is 0. The first-order chi connectivity index (χ1) is 17.7. The van der Waals surface area contributed by atoms with Gasteiger partial charge in [-0.15, -0.1) is 0 Å². The van der Waals surface area contributed by atoms with Gasteiger partial charge in [-0.25, -0.2) is 4.79 Å². The molecule has 4 aliphatic carbocycles. The highest BCUT2D eigenvalue weighted by atomic mass is 16.5. The van der Waals surface area contributed by atoms with Gasteiger partial charge in [0, 0.05) is 18.3 Å². The van der Waals surface area contributed by atoms with E-state index in [2.05, 4.69) is 32.9 Å². The van der Waals surface area contributed by atoms with Crippen LogP contribution in [-0.2, 0) is 19.1 Å². The summed E-state index contributed by atoms with van der Waals surface area (Å²) in [6.07, 6.45) is 11.8. The highest BCUT2D eigenvalue weighted by Gasteiger charge is 2.63. The molecule has 37 heavy (non-hydrogen) atoms. The van der Waals surface area contributed by atoms with E-state index >= 15 is 0 Å². The Kier molecular flexibility index (Phi) is 6.93. The largest absolute Gasteiger partial charge is 0.469 e. The zero-order valence-electron chi connectivity index (χ0n) is 22.6. The maximum atomic E-state index is 13.4. The van der Waals surface area contributed by atoms with Crippen LogP contribution in [0.15, 0.2) is 54.1 Å². The third-order valence-corrected chi connectivity index (χ3v) is 10.6. The number of allylic oxidation sites excluding steroid dienone is 4. The van der Waals surface area contributed by atoms with E-state index in [1.165, 1.54) is 7.11 Å². The first-order valence-electron chi connectivity index (χ1n) is 13.9. The van der Waals surface area contributed by atoms with Crippen molar-refractivity contribution in [1.29, 1.82) is 0 Å². The van der Waals surface area contributed by atoms with Gasteiger partial charge < -0.3 is 9.47 Å². The molecule has 8 atom stereocenters. The lowest BCUT2D eigenvalue weighted by Gasteiger charge is -2.59. The van der Waals surface area contributed by atoms with Gasteiger partial charge in [0.15, 0.2) is 5.78 Å². The van der Waals surface area contributed by atoms with Crippen LogP contribution in [0.2, 0.25) is 0 Å². The van der Waals surface area contributed by atoms with Crippen LogP contribution in [0.5, 0.6) is 0 Å². The van der Waals surface area contributed by atoms with Crippen molar-refractivity contribution in [3.8, 4) is 0 Å². The summed E-state index contributed by atoms with van der Waals surface area (Å²) in [7, 11) is 1.44. The molecular weight excluding hydrogens is 464 g/mol. The van der Waals surface area contributed by atoms with Crippen molar-refractivity contribution < 1.29 is 23.9 Å². The second kappa shape index (κ2) is 9.89. The molecule has 0 N–H and O–H groups in total. The Labute approximate surface area is 220 Å². The molecule has 5 heteroatoms. The quantitative estimate of drug-likeness (QED) is 0.423. The summed E-state index contributed by atoms with van der Waals surface area (Å²) in [6.45, 7) is 6.90. The topological polar surface area (TPSA) is 69.7 Å². The molecule has 1 aromatic carbocycles. The van der Waals surface area contributed by atoms with E-state index in [1.54, 1.807) is 0 Å². The Morgan fingerprint density at radius 3 is 2.59 bits per heavy atom. The molecular formula is C32H40O5. The summed E-state index contributed by atoms with van der Waals surface area (Å²) in [5, 5.41) is 0. The first kappa shape index (κ1) is 25.9. The van der Waals surface area contributed by atoms with Crippen LogP contribution in [-0.4, -0.2) is 30.9 Å². The van der Waals surface area contributed by atoms with Crippen molar-refractivity contribution in [3.63, 3.8) is 0 Å². The predicted molar refractivity (Wildman–Crippen MR) is 142 cm³/mol. The minimum Gasteiger partial charge on any atom is -0.469 e. The molecule has 0 aromatic heterocycles. The van der Waals surface area contributed by atoms with Crippen molar-refractivity contribution >= 4 is 17.7 Å². The van der Waals surface area contributed by atoms with Crippen molar-refractivity contribution in [3.05, 3.63) is 59.7 Å². The maximum Gasteiger partial charge on any atom is 0.338 e. The Bertz CT molecular complexity index is 1120. The highest BCUT2D eigenvalue weighted by molar-refractivity contribution is 5.92. The van der Waals surface area contributed by atoms with Gasteiger partial charge in [-0.1, -0.05) is 51.1 Å². The number of methoxy groups -OCH3 is 1. The van der Waals surface area contributed by atoms with Gasteiger partial charge in [0.25, 0.3) is 0 Å². The van der Waals surface area contributed by atoms with Crippen LogP contribution >= 0.6 is 0 Å². The minimum absolute atomic E-state index is 0.0827. The molecule has 0 aliphatic heterocycles. The number of rotatable bonds is 6. The molecule has 0 heterocycles. The minimum atomic E-state index is -0.261. The fraction of sp³-hybridized carbons (Fsp3) is 0.594. The SMILES string of the molecule is COC(=O)CC[C@@H](C)[C@H]1CCC2C3C=CC4=CC(=O)CC[C@]4(C)C3C[C@H](OC(=O)c3ccccc3)[C@@]21C. The average Bonchev–Trinajstić information content (AvgIpc) is 3.26. The zero-order valence-corrected chi connectivity index (χ0v) is 22.6. The number of carbonyl (C=O) groups excluding carboxylic acids is 3. The van der Waals surface area contributed by atoms with Gasteiger partial charge in [-0.05, 0) is 90.9 Å². The van der Waals surface area contributed by atoms with Crippen molar-refractivity contribution in [2.75, 3.05) is 7.11 Å². The van der Waals surface area contributed by atoms with Crippen LogP contribution in [0.4, 0.5) is 0 Å². The van der Waals surface area contributed by atoms with Crippen molar-refractivity contribution in [2.24, 2.45) is 40.4 Å². The zero-order chi connectivity index (χ0) is 26.4. The van der Waals surface area contributed by atoms with Crippen LogP contribution in [0.1, 0.15) is 76.1 Å². The average molecular weight is 505 g/mol. The summed E-state index contributed by atoms with van der Waals surface area (Å²) < 4.78 is 11.4. The molecule has 5 rings (SSSR count). The lowest BCUT2D eigenvalue weighted by Crippen LogP contribution is -2.57. The molecule has 3 unspecified atom stereocenters. The van der Waals surface area contributed by atoms with Gasteiger partial charge in [-0.3, -0.25) is 9.59 Å². The number of fused-ring (bicyclic) bond motifs is 5. The number of carbonyl (C=O) groups is 3. The summed E-state index contributed by atoms with van der Waals surface area (Å²) in [5.74, 6) is 1.55. The summed E-state index contributed by atoms with van der Waals surface area (Å²) in [6, 6.07) is 9.28. The monoisotopic (exact) mass is 504 g/mol. The van der Waals surface area contributed by atoms with E-state index < -0.39 is 0 Å². The van der Waals surface area contributed by atoms with Gasteiger partial charge in [0.05, 0.1) is 12.7 Å². The smallest absolute Gasteiger partial charge is 0.338 e. The number of ketones is 1. The molecule has 1 aromatic rings. The Balaban J connectivity index is 1.50. The number of benzene rings is 1. The molecule has 2 saturated carbocycles. The summed E-state index contributed by atoms with van der Waals surface area (Å²) in [5.41, 5.74) is 1.45. The summed E-state index contributed by atoms with van der Waals surface area (Å²) >= 11 is 0. The van der Waals surface area contributed by atoms with Gasteiger partial charge >= 0.3 is 11.9 Å². The van der Waals surface area contributed by atoms with E-state index in [1.807, 2.05) is 36.4 Å². The molecule has 0 saturated heterocycles. The van der Waals surface area contributed by atoms with Crippen LogP contribution < -0.4 is 0 Å². The molecule has 0 radical (unpaired) electrons. The molecule has 0 spiro atoms. The molecule has 198 valence electrons. The second-order valence-electron chi connectivity index (χ2n) is 12.3. The van der Waals surface area contributed by atoms with Gasteiger partial charge in [0.1, 0.15) is 6.10 Å². The Morgan fingerprint density at radius 1 is 1.11 bits per heavy atom. The van der Waals surface area contributed by atoms with Gasteiger partial charge in [-0.2, -0.15) is 0 Å². The van der Waals surface area contributed by atoms with E-state index in [4.69, 9.17) is 9.47 Å². The van der Waals surface area contributed by atoms with Crippen LogP contribution in [0.3, 0.4) is 0 Å². The fourth-order valence-corrected chi connectivity index (χ4v) is 8.50. The number of ether oxygens (including phenoxy) is 2. The second-order valence-corrected chi connectivity index (χ2v) is 12.3. The Hall–Kier alpha value is -2.69. The van der Waals surface area contributed by atoms with E-state index in [0.29, 0.717) is 48.0 Å². The lowest BCUT2D eigenvalue weighted by atomic mass is 9.47. The molecule has 2 fully saturated rings. The van der Waals surface area contributed by atoms with Crippen LogP contribution in [0.25, 0.3) is 0 Å². The molecule has 5 nitrogen and oxygen atoms in total. The molecule has 4 aliphatic rings. The fourth-order valence-electron chi connectivity index (χ4n) is 8.50. The van der Waals surface area contributed by atoms with E-state index in [0.717, 1.165) is 37.7 Å². The summed E-state index contributed by atoms with van der Waals surface area (Å²) in [4.78, 5) is 37.6. The molecule has 0 bridgehead atoms. The van der Waals surface area contributed by atoms with E-state index in [9.17, 15) is 14.4 Å².